The van der Waals surface area contributed by atoms with E-state index in [4.69, 9.17) is 9.84 Å². The fraction of sp³-hybridized carbons (Fsp3) is 0.429. The molecule has 108 valence electrons. The van der Waals surface area contributed by atoms with E-state index in [1.807, 2.05) is 36.2 Å². The number of carbonyl (C=O) groups excluding carboxylic acids is 1. The van der Waals surface area contributed by atoms with Gasteiger partial charge in [-0.2, -0.15) is 0 Å². The first-order valence-corrected chi connectivity index (χ1v) is 6.56. The van der Waals surface area contributed by atoms with Crippen molar-refractivity contribution in [1.82, 2.24) is 10.2 Å². The van der Waals surface area contributed by atoms with Crippen molar-refractivity contribution < 1.29 is 14.6 Å². The minimum Gasteiger partial charge on any atom is -0.450 e. The van der Waals surface area contributed by atoms with Gasteiger partial charge in [0, 0.05) is 13.6 Å². The zero-order chi connectivity index (χ0) is 14.5. The molecule has 1 aliphatic heterocycles. The van der Waals surface area contributed by atoms with Gasteiger partial charge in [0.25, 0.3) is 0 Å². The van der Waals surface area contributed by atoms with E-state index >= 15 is 0 Å². The number of hydrogen-bond donors (Lipinski definition) is 2. The number of alkyl carbamates (subject to hydrolysis) is 1. The highest BCUT2D eigenvalue weighted by molar-refractivity contribution is 5.94. The van der Waals surface area contributed by atoms with Gasteiger partial charge in [0.1, 0.15) is 0 Å². The number of nitrogens with zero attached hydrogens (tertiary/aromatic N) is 2. The average molecular weight is 277 g/mol. The molecular weight excluding hydrogens is 258 g/mol. The van der Waals surface area contributed by atoms with Crippen LogP contribution < -0.4 is 5.32 Å². The van der Waals surface area contributed by atoms with Crippen LogP contribution in [0, 0.1) is 0 Å². The maximum atomic E-state index is 11.4. The van der Waals surface area contributed by atoms with Gasteiger partial charge < -0.3 is 14.7 Å². The molecule has 1 aliphatic rings. The van der Waals surface area contributed by atoms with Gasteiger partial charge in [0.2, 0.25) is 5.96 Å². The van der Waals surface area contributed by atoms with E-state index in [0.29, 0.717) is 19.1 Å². The predicted molar refractivity (Wildman–Crippen MR) is 75.3 cm³/mol. The monoisotopic (exact) mass is 277 g/mol. The number of likely N-dealkylation sites (N-methyl/N-ethyl adjacent to an activating group) is 1. The zero-order valence-electron chi connectivity index (χ0n) is 11.7. The molecular formula is C14H19N3O3. The Labute approximate surface area is 118 Å². The molecule has 6 nitrogen and oxygen atoms in total. The van der Waals surface area contributed by atoms with E-state index in [9.17, 15) is 4.79 Å². The Balaban J connectivity index is 2.06. The first kappa shape index (κ1) is 14.3. The maximum absolute atomic E-state index is 11.4. The summed E-state index contributed by atoms with van der Waals surface area (Å²) >= 11 is 0. The molecule has 0 saturated carbocycles. The van der Waals surface area contributed by atoms with E-state index in [1.165, 1.54) is 0 Å². The number of aliphatic hydroxyl groups excluding tert-OH is 1. The first-order chi connectivity index (χ1) is 9.63. The molecule has 2 N–H and O–H groups in total. The third kappa shape index (κ3) is 3.27. The van der Waals surface area contributed by atoms with Gasteiger partial charge in [-0.1, -0.05) is 24.3 Å². The Bertz CT molecular complexity index is 499. The van der Waals surface area contributed by atoms with Gasteiger partial charge in [0.05, 0.1) is 19.3 Å². The van der Waals surface area contributed by atoms with Crippen molar-refractivity contribution in [1.29, 1.82) is 0 Å². The van der Waals surface area contributed by atoms with Gasteiger partial charge in [-0.3, -0.25) is 5.32 Å². The summed E-state index contributed by atoms with van der Waals surface area (Å²) in [4.78, 5) is 17.8. The summed E-state index contributed by atoms with van der Waals surface area (Å²) in [5.41, 5.74) is 1.92. The summed E-state index contributed by atoms with van der Waals surface area (Å²) in [7, 11) is 1.87. The Hall–Kier alpha value is -2.08. The van der Waals surface area contributed by atoms with Crippen molar-refractivity contribution in [3.8, 4) is 0 Å². The molecule has 1 amide bonds. The van der Waals surface area contributed by atoms with Crippen molar-refractivity contribution in [2.24, 2.45) is 4.99 Å². The SMILES string of the molecule is CCOC(=O)NC1=NC(c2ccc(CO)cc2)CN1C. The van der Waals surface area contributed by atoms with Crippen molar-refractivity contribution in [2.75, 3.05) is 20.2 Å². The van der Waals surface area contributed by atoms with Crippen molar-refractivity contribution >= 4 is 12.1 Å². The van der Waals surface area contributed by atoms with Crippen molar-refractivity contribution in [2.45, 2.75) is 19.6 Å². The van der Waals surface area contributed by atoms with E-state index in [0.717, 1.165) is 11.1 Å². The number of amides is 1. The molecule has 1 aromatic rings. The largest absolute Gasteiger partial charge is 0.450 e. The molecule has 20 heavy (non-hydrogen) atoms. The minimum atomic E-state index is -0.491. The molecule has 0 aromatic heterocycles. The van der Waals surface area contributed by atoms with Gasteiger partial charge in [0.15, 0.2) is 0 Å². The molecule has 0 saturated heterocycles. The predicted octanol–water partition coefficient (Wildman–Crippen LogP) is 1.27. The summed E-state index contributed by atoms with van der Waals surface area (Å²) in [6.45, 7) is 2.81. The van der Waals surface area contributed by atoms with E-state index in [-0.39, 0.29) is 12.6 Å². The lowest BCUT2D eigenvalue weighted by Gasteiger charge is -2.14. The maximum Gasteiger partial charge on any atom is 0.413 e. The second kappa shape index (κ2) is 6.38. The van der Waals surface area contributed by atoms with Crippen LogP contribution >= 0.6 is 0 Å². The molecule has 2 rings (SSSR count). The lowest BCUT2D eigenvalue weighted by atomic mass is 10.1. The molecule has 0 fully saturated rings. The van der Waals surface area contributed by atoms with Gasteiger partial charge in [-0.25, -0.2) is 9.79 Å². The zero-order valence-corrected chi connectivity index (χ0v) is 11.7. The van der Waals surface area contributed by atoms with Crippen LogP contribution in [0.25, 0.3) is 0 Å². The molecule has 0 radical (unpaired) electrons. The second-order valence-corrected chi connectivity index (χ2v) is 4.59. The average Bonchev–Trinajstić information content (AvgIpc) is 2.80. The molecule has 1 aromatic carbocycles. The quantitative estimate of drug-likeness (QED) is 0.872. The Morgan fingerprint density at radius 3 is 2.80 bits per heavy atom. The lowest BCUT2D eigenvalue weighted by Crippen LogP contribution is -2.39. The standard InChI is InChI=1S/C14H19N3O3/c1-3-20-14(19)16-13-15-12(8-17(13)2)11-6-4-10(9-18)5-7-11/h4-7,12,18H,3,8-9H2,1-2H3,(H,15,16,19). The second-order valence-electron chi connectivity index (χ2n) is 4.59. The van der Waals surface area contributed by atoms with Crippen LogP contribution in [0.5, 0.6) is 0 Å². The van der Waals surface area contributed by atoms with Crippen LogP contribution in [-0.2, 0) is 11.3 Å². The van der Waals surface area contributed by atoms with Crippen LogP contribution in [0.3, 0.4) is 0 Å². The van der Waals surface area contributed by atoms with Gasteiger partial charge in [-0.05, 0) is 18.1 Å². The van der Waals surface area contributed by atoms with Crippen LogP contribution in [0.4, 0.5) is 4.79 Å². The fourth-order valence-corrected chi connectivity index (χ4v) is 2.04. The van der Waals surface area contributed by atoms with Gasteiger partial charge >= 0.3 is 6.09 Å². The number of aliphatic hydroxyl groups is 1. The van der Waals surface area contributed by atoms with E-state index in [1.54, 1.807) is 6.92 Å². The number of hydrogen-bond acceptors (Lipinski definition) is 5. The number of aliphatic imine (C=N–C) groups is 1. The Kier molecular flexibility index (Phi) is 4.57. The Morgan fingerprint density at radius 1 is 1.50 bits per heavy atom. The third-order valence-corrected chi connectivity index (χ3v) is 3.12. The first-order valence-electron chi connectivity index (χ1n) is 6.56. The summed E-state index contributed by atoms with van der Waals surface area (Å²) in [6.07, 6.45) is -0.491. The number of rotatable bonds is 3. The molecule has 6 heteroatoms. The van der Waals surface area contributed by atoms with Crippen LogP contribution in [0.2, 0.25) is 0 Å². The number of carbonyl (C=O) groups is 1. The van der Waals surface area contributed by atoms with Gasteiger partial charge in [-0.15, -0.1) is 0 Å². The molecule has 1 unspecified atom stereocenters. The van der Waals surface area contributed by atoms with Crippen molar-refractivity contribution in [3.05, 3.63) is 35.4 Å². The van der Waals surface area contributed by atoms with E-state index < -0.39 is 6.09 Å². The highest BCUT2D eigenvalue weighted by Crippen LogP contribution is 2.23. The number of benzene rings is 1. The third-order valence-electron chi connectivity index (χ3n) is 3.12. The normalized spacial score (nSPS) is 17.9. The van der Waals surface area contributed by atoms with E-state index in [2.05, 4.69) is 10.3 Å². The molecule has 1 heterocycles. The van der Waals surface area contributed by atoms with Crippen molar-refractivity contribution in [3.63, 3.8) is 0 Å². The number of guanidine groups is 1. The summed E-state index contributed by atoms with van der Waals surface area (Å²) < 4.78 is 4.84. The molecule has 0 bridgehead atoms. The van der Waals surface area contributed by atoms with Crippen LogP contribution in [0.15, 0.2) is 29.3 Å². The van der Waals surface area contributed by atoms with Crippen LogP contribution in [0.1, 0.15) is 24.1 Å². The number of ether oxygens (including phenoxy) is 1. The number of nitrogens with one attached hydrogen (secondary N) is 1. The minimum absolute atomic E-state index is 0.0235. The molecule has 1 atom stereocenters. The summed E-state index contributed by atoms with van der Waals surface area (Å²) in [5.74, 6) is 0.514. The summed E-state index contributed by atoms with van der Waals surface area (Å²) in [5, 5.41) is 11.7. The topological polar surface area (TPSA) is 74.2 Å². The smallest absolute Gasteiger partial charge is 0.413 e. The van der Waals surface area contributed by atoms with Crippen LogP contribution in [-0.4, -0.2) is 42.3 Å². The molecule has 0 aliphatic carbocycles. The highest BCUT2D eigenvalue weighted by Gasteiger charge is 2.25. The fourth-order valence-electron chi connectivity index (χ4n) is 2.04. The molecule has 0 spiro atoms. The lowest BCUT2D eigenvalue weighted by molar-refractivity contribution is 0.157. The highest BCUT2D eigenvalue weighted by atomic mass is 16.5. The summed E-state index contributed by atoms with van der Waals surface area (Å²) in [6, 6.07) is 7.62. The Morgan fingerprint density at radius 2 is 2.20 bits per heavy atom.